The Hall–Kier alpha value is -2.63. The average molecular weight is 228 g/mol. The van der Waals surface area contributed by atoms with Gasteiger partial charge in [0.15, 0.2) is 17.1 Å². The molecule has 2 heterocycles. The molecular formula is C11H8N4O2. The highest BCUT2D eigenvalue weighted by Gasteiger charge is 2.08. The third-order valence-corrected chi connectivity index (χ3v) is 2.41. The summed E-state index contributed by atoms with van der Waals surface area (Å²) in [4.78, 5) is 15.2. The third-order valence-electron chi connectivity index (χ3n) is 2.41. The number of aromatic nitrogens is 4. The molecule has 0 saturated carbocycles. The number of nitrogens with zero attached hydrogens (tertiary/aromatic N) is 3. The maximum absolute atomic E-state index is 9.42. The molecule has 6 heteroatoms. The van der Waals surface area contributed by atoms with Crippen LogP contribution in [0.15, 0.2) is 30.7 Å². The zero-order chi connectivity index (χ0) is 11.8. The molecular weight excluding hydrogens is 220 g/mol. The SMILES string of the molecule is Oc1ccc(-c2nc3ncncc3[nH]2)cc1O. The third kappa shape index (κ3) is 1.55. The lowest BCUT2D eigenvalue weighted by Gasteiger charge is -1.99. The van der Waals surface area contributed by atoms with Gasteiger partial charge in [-0.15, -0.1) is 0 Å². The van der Waals surface area contributed by atoms with Crippen molar-refractivity contribution in [3.05, 3.63) is 30.7 Å². The Balaban J connectivity index is 2.17. The number of imidazole rings is 1. The van der Waals surface area contributed by atoms with Gasteiger partial charge in [0.25, 0.3) is 0 Å². The van der Waals surface area contributed by atoms with Crippen LogP contribution in [-0.4, -0.2) is 30.1 Å². The van der Waals surface area contributed by atoms with Gasteiger partial charge in [0.1, 0.15) is 17.7 Å². The molecule has 0 spiro atoms. The Morgan fingerprint density at radius 1 is 1.12 bits per heavy atom. The van der Waals surface area contributed by atoms with Crippen molar-refractivity contribution in [1.29, 1.82) is 0 Å². The van der Waals surface area contributed by atoms with Crippen LogP contribution in [0.1, 0.15) is 0 Å². The predicted octanol–water partition coefficient (Wildman–Crippen LogP) is 1.43. The van der Waals surface area contributed by atoms with Gasteiger partial charge in [-0.05, 0) is 18.2 Å². The first-order valence-electron chi connectivity index (χ1n) is 4.92. The van der Waals surface area contributed by atoms with Gasteiger partial charge in [0, 0.05) is 5.56 Å². The van der Waals surface area contributed by atoms with Crippen molar-refractivity contribution in [1.82, 2.24) is 19.9 Å². The van der Waals surface area contributed by atoms with Crippen LogP contribution < -0.4 is 0 Å². The molecule has 0 aliphatic carbocycles. The predicted molar refractivity (Wildman–Crippen MR) is 60.4 cm³/mol. The van der Waals surface area contributed by atoms with E-state index < -0.39 is 0 Å². The first-order chi connectivity index (χ1) is 8.24. The number of rotatable bonds is 1. The molecule has 0 saturated heterocycles. The number of H-pyrrole nitrogens is 1. The Morgan fingerprint density at radius 2 is 2.00 bits per heavy atom. The van der Waals surface area contributed by atoms with Crippen LogP contribution in [0, 0.1) is 0 Å². The second kappa shape index (κ2) is 3.44. The summed E-state index contributed by atoms with van der Waals surface area (Å²) in [5, 5.41) is 18.6. The maximum Gasteiger partial charge on any atom is 0.181 e. The second-order valence-corrected chi connectivity index (χ2v) is 3.55. The van der Waals surface area contributed by atoms with E-state index in [-0.39, 0.29) is 11.5 Å². The van der Waals surface area contributed by atoms with Crippen LogP contribution >= 0.6 is 0 Å². The van der Waals surface area contributed by atoms with E-state index in [4.69, 9.17) is 0 Å². The van der Waals surface area contributed by atoms with E-state index in [2.05, 4.69) is 19.9 Å². The minimum Gasteiger partial charge on any atom is -0.504 e. The van der Waals surface area contributed by atoms with E-state index in [0.717, 1.165) is 5.52 Å². The highest BCUT2D eigenvalue weighted by Crippen LogP contribution is 2.29. The maximum atomic E-state index is 9.42. The monoisotopic (exact) mass is 228 g/mol. The summed E-state index contributed by atoms with van der Waals surface area (Å²) < 4.78 is 0. The number of phenols is 2. The lowest BCUT2D eigenvalue weighted by Crippen LogP contribution is -1.80. The topological polar surface area (TPSA) is 94.9 Å². The largest absolute Gasteiger partial charge is 0.504 e. The molecule has 0 atom stereocenters. The van der Waals surface area contributed by atoms with Gasteiger partial charge in [-0.2, -0.15) is 0 Å². The van der Waals surface area contributed by atoms with Crippen molar-refractivity contribution in [2.75, 3.05) is 0 Å². The summed E-state index contributed by atoms with van der Waals surface area (Å²) >= 11 is 0. The molecule has 3 N–H and O–H groups in total. The van der Waals surface area contributed by atoms with Crippen molar-refractivity contribution in [2.45, 2.75) is 0 Å². The zero-order valence-corrected chi connectivity index (χ0v) is 8.62. The Kier molecular flexibility index (Phi) is 1.94. The number of hydrogen-bond acceptors (Lipinski definition) is 5. The van der Waals surface area contributed by atoms with Crippen LogP contribution in [0.3, 0.4) is 0 Å². The molecule has 6 nitrogen and oxygen atoms in total. The first kappa shape index (κ1) is 9.59. The quantitative estimate of drug-likeness (QED) is 0.547. The summed E-state index contributed by atoms with van der Waals surface area (Å²) in [6.45, 7) is 0. The smallest absolute Gasteiger partial charge is 0.181 e. The van der Waals surface area contributed by atoms with Crippen molar-refractivity contribution >= 4 is 11.2 Å². The van der Waals surface area contributed by atoms with Gasteiger partial charge in [0.2, 0.25) is 0 Å². The normalized spacial score (nSPS) is 10.8. The van der Waals surface area contributed by atoms with Gasteiger partial charge in [0.05, 0.1) is 6.20 Å². The van der Waals surface area contributed by atoms with E-state index in [0.29, 0.717) is 17.0 Å². The molecule has 17 heavy (non-hydrogen) atoms. The van der Waals surface area contributed by atoms with Gasteiger partial charge in [-0.1, -0.05) is 0 Å². The summed E-state index contributed by atoms with van der Waals surface area (Å²) in [7, 11) is 0. The fourth-order valence-electron chi connectivity index (χ4n) is 1.57. The molecule has 0 unspecified atom stereocenters. The summed E-state index contributed by atoms with van der Waals surface area (Å²) in [5.41, 5.74) is 1.94. The van der Waals surface area contributed by atoms with Crippen LogP contribution in [-0.2, 0) is 0 Å². The Morgan fingerprint density at radius 3 is 2.76 bits per heavy atom. The highest BCUT2D eigenvalue weighted by molar-refractivity contribution is 5.75. The Bertz CT molecular complexity index is 660. The molecule has 0 aliphatic rings. The van der Waals surface area contributed by atoms with Crippen LogP contribution in [0.25, 0.3) is 22.6 Å². The zero-order valence-electron chi connectivity index (χ0n) is 8.62. The number of phenolic OH excluding ortho intramolecular Hbond substituents is 2. The summed E-state index contributed by atoms with van der Waals surface area (Å²) in [6, 6.07) is 4.49. The van der Waals surface area contributed by atoms with Gasteiger partial charge >= 0.3 is 0 Å². The lowest BCUT2D eigenvalue weighted by atomic mass is 10.2. The number of hydrogen-bond donors (Lipinski definition) is 3. The molecule has 3 aromatic rings. The van der Waals surface area contributed by atoms with Crippen molar-refractivity contribution in [3.8, 4) is 22.9 Å². The van der Waals surface area contributed by atoms with E-state index in [9.17, 15) is 10.2 Å². The highest BCUT2D eigenvalue weighted by atomic mass is 16.3. The fourth-order valence-corrected chi connectivity index (χ4v) is 1.57. The van der Waals surface area contributed by atoms with Crippen LogP contribution in [0.2, 0.25) is 0 Å². The van der Waals surface area contributed by atoms with E-state index in [1.807, 2.05) is 0 Å². The minimum atomic E-state index is -0.186. The number of aromatic hydroxyl groups is 2. The minimum absolute atomic E-state index is 0.162. The average Bonchev–Trinajstić information content (AvgIpc) is 2.76. The molecule has 0 amide bonds. The van der Waals surface area contributed by atoms with Crippen molar-refractivity contribution in [2.24, 2.45) is 0 Å². The Labute approximate surface area is 95.6 Å². The second-order valence-electron chi connectivity index (χ2n) is 3.55. The number of fused-ring (bicyclic) bond motifs is 1. The number of benzene rings is 1. The standard InChI is InChI=1S/C11H8N4O2/c16-8-2-1-6(3-9(8)17)10-14-7-4-12-5-13-11(7)15-10/h1-5,16-17H,(H,12,13,14,15). The molecule has 1 aromatic carbocycles. The van der Waals surface area contributed by atoms with Crippen molar-refractivity contribution in [3.63, 3.8) is 0 Å². The molecule has 0 radical (unpaired) electrons. The van der Waals surface area contributed by atoms with Crippen molar-refractivity contribution < 1.29 is 10.2 Å². The molecule has 0 aliphatic heterocycles. The van der Waals surface area contributed by atoms with Gasteiger partial charge in [-0.3, -0.25) is 0 Å². The molecule has 2 aromatic heterocycles. The van der Waals surface area contributed by atoms with Gasteiger partial charge in [-0.25, -0.2) is 15.0 Å². The van der Waals surface area contributed by atoms with Gasteiger partial charge < -0.3 is 15.2 Å². The number of nitrogens with one attached hydrogen (secondary N) is 1. The van der Waals surface area contributed by atoms with E-state index in [1.54, 1.807) is 12.3 Å². The lowest BCUT2D eigenvalue weighted by molar-refractivity contribution is 0.404. The van der Waals surface area contributed by atoms with E-state index in [1.165, 1.54) is 18.5 Å². The van der Waals surface area contributed by atoms with Crippen LogP contribution in [0.4, 0.5) is 0 Å². The summed E-state index contributed by atoms with van der Waals surface area (Å²) in [6.07, 6.45) is 3.04. The number of aromatic amines is 1. The summed E-state index contributed by atoms with van der Waals surface area (Å²) in [5.74, 6) is 0.217. The fraction of sp³-hybridized carbons (Fsp3) is 0. The molecule has 0 bridgehead atoms. The molecule has 84 valence electrons. The first-order valence-corrected chi connectivity index (χ1v) is 4.92. The molecule has 0 fully saturated rings. The van der Waals surface area contributed by atoms with E-state index >= 15 is 0 Å². The van der Waals surface area contributed by atoms with Crippen LogP contribution in [0.5, 0.6) is 11.5 Å². The molecule has 3 rings (SSSR count).